The molecule has 1 atom stereocenters. The van der Waals surface area contributed by atoms with Crippen LogP contribution in [0.1, 0.15) is 30.0 Å². The maximum Gasteiger partial charge on any atom is 0.124 e. The lowest BCUT2D eigenvalue weighted by Crippen LogP contribution is -2.11. The lowest BCUT2D eigenvalue weighted by Gasteiger charge is -2.21. The molecule has 0 saturated carbocycles. The van der Waals surface area contributed by atoms with E-state index in [4.69, 9.17) is 0 Å². The van der Waals surface area contributed by atoms with E-state index in [9.17, 15) is 20.4 Å². The lowest BCUT2D eigenvalue weighted by atomic mass is 9.87. The number of aryl methyl sites for hydroxylation is 1. The predicted octanol–water partition coefficient (Wildman–Crippen LogP) is 2.51. The normalized spacial score (nSPS) is 18.9. The fraction of sp³-hybridized carbons (Fsp3) is 0.412. The molecule has 21 heavy (non-hydrogen) atoms. The molecule has 0 bridgehead atoms. The smallest absolute Gasteiger partial charge is 0.124 e. The molecule has 1 aromatic carbocycles. The molecule has 1 aliphatic carbocycles. The van der Waals surface area contributed by atoms with Crippen molar-refractivity contribution in [1.29, 1.82) is 0 Å². The van der Waals surface area contributed by atoms with E-state index in [-0.39, 0.29) is 30.6 Å². The molecule has 2 rings (SSSR count). The number of allylic oxidation sites excluding steroid dienone is 2. The fourth-order valence-electron chi connectivity index (χ4n) is 2.87. The Morgan fingerprint density at radius 1 is 1.10 bits per heavy atom. The summed E-state index contributed by atoms with van der Waals surface area (Å²) >= 11 is 0. The van der Waals surface area contributed by atoms with Gasteiger partial charge >= 0.3 is 0 Å². The van der Waals surface area contributed by atoms with Crippen molar-refractivity contribution in [1.82, 2.24) is 0 Å². The van der Waals surface area contributed by atoms with Gasteiger partial charge in [0.05, 0.1) is 13.2 Å². The van der Waals surface area contributed by atoms with Crippen LogP contribution in [-0.2, 0) is 13.0 Å². The van der Waals surface area contributed by atoms with Gasteiger partial charge in [-0.05, 0) is 36.0 Å². The first-order chi connectivity index (χ1) is 9.96. The Balaban J connectivity index is 2.38. The summed E-state index contributed by atoms with van der Waals surface area (Å²) in [7, 11) is 0. The van der Waals surface area contributed by atoms with Crippen LogP contribution >= 0.6 is 0 Å². The fourth-order valence-corrected chi connectivity index (χ4v) is 2.87. The highest BCUT2D eigenvalue weighted by Crippen LogP contribution is 2.33. The Bertz CT molecular complexity index is 599. The Morgan fingerprint density at radius 3 is 2.38 bits per heavy atom. The van der Waals surface area contributed by atoms with Crippen LogP contribution in [0.15, 0.2) is 35.1 Å². The van der Waals surface area contributed by atoms with Crippen molar-refractivity contribution in [2.75, 3.05) is 6.61 Å². The van der Waals surface area contributed by atoms with Crippen LogP contribution in [0, 0.1) is 12.8 Å². The van der Waals surface area contributed by atoms with E-state index in [0.717, 1.165) is 5.56 Å². The van der Waals surface area contributed by atoms with Gasteiger partial charge in [-0.2, -0.15) is 0 Å². The van der Waals surface area contributed by atoms with Crippen molar-refractivity contribution >= 4 is 0 Å². The second kappa shape index (κ2) is 6.33. The van der Waals surface area contributed by atoms with Crippen LogP contribution < -0.4 is 0 Å². The van der Waals surface area contributed by atoms with Crippen LogP contribution in [-0.4, -0.2) is 27.0 Å². The van der Waals surface area contributed by atoms with Gasteiger partial charge in [-0.15, -0.1) is 0 Å². The van der Waals surface area contributed by atoms with Gasteiger partial charge in [0.1, 0.15) is 11.5 Å². The minimum absolute atomic E-state index is 0.0700. The van der Waals surface area contributed by atoms with Crippen LogP contribution in [0.5, 0.6) is 5.75 Å². The zero-order valence-corrected chi connectivity index (χ0v) is 12.4. The van der Waals surface area contributed by atoms with Crippen molar-refractivity contribution in [3.05, 3.63) is 51.8 Å². The second-order valence-corrected chi connectivity index (χ2v) is 5.75. The van der Waals surface area contributed by atoms with E-state index in [1.807, 2.05) is 26.0 Å². The zero-order valence-electron chi connectivity index (χ0n) is 12.4. The molecular formula is C17H22O4. The van der Waals surface area contributed by atoms with E-state index in [2.05, 4.69) is 0 Å². The summed E-state index contributed by atoms with van der Waals surface area (Å²) in [5, 5.41) is 39.0. The minimum atomic E-state index is -0.223. The van der Waals surface area contributed by atoms with Crippen molar-refractivity contribution in [3.63, 3.8) is 0 Å². The number of aromatic hydroxyl groups is 1. The number of rotatable bonds is 4. The third-order valence-electron chi connectivity index (χ3n) is 3.85. The van der Waals surface area contributed by atoms with Crippen LogP contribution in [0.4, 0.5) is 0 Å². The topological polar surface area (TPSA) is 80.9 Å². The Morgan fingerprint density at radius 2 is 1.76 bits per heavy atom. The Labute approximate surface area is 124 Å². The van der Waals surface area contributed by atoms with E-state index < -0.39 is 0 Å². The Kier molecular flexibility index (Phi) is 4.70. The van der Waals surface area contributed by atoms with E-state index in [1.165, 1.54) is 0 Å². The molecule has 0 amide bonds. The first-order valence-electron chi connectivity index (χ1n) is 7.11. The standard InChI is InChI=1S/C17H22O4/c1-10-3-12(16(20)14(5-10)8-18)7-13-4-11(2)6-15(9-19)17(13)21/h3-5,11,18-21H,6-9H2,1-2H3. The van der Waals surface area contributed by atoms with Crippen molar-refractivity contribution in [2.24, 2.45) is 5.92 Å². The SMILES string of the molecule is Cc1cc(CO)c(O)c(CC2=CC(C)CC(CO)=C2O)c1. The number of aliphatic hydroxyl groups excluding tert-OH is 3. The first-order valence-corrected chi connectivity index (χ1v) is 7.11. The molecule has 1 aliphatic rings. The molecule has 114 valence electrons. The molecule has 0 radical (unpaired) electrons. The number of benzene rings is 1. The van der Waals surface area contributed by atoms with Gasteiger partial charge in [0.25, 0.3) is 0 Å². The van der Waals surface area contributed by atoms with Gasteiger partial charge in [0.2, 0.25) is 0 Å². The number of aliphatic hydroxyl groups is 3. The summed E-state index contributed by atoms with van der Waals surface area (Å²) in [6.07, 6.45) is 2.99. The van der Waals surface area contributed by atoms with Gasteiger partial charge in [-0.25, -0.2) is 0 Å². The number of hydrogen-bond acceptors (Lipinski definition) is 4. The van der Waals surface area contributed by atoms with E-state index in [1.54, 1.807) is 6.07 Å². The largest absolute Gasteiger partial charge is 0.508 e. The van der Waals surface area contributed by atoms with Gasteiger partial charge in [-0.1, -0.05) is 30.7 Å². The second-order valence-electron chi connectivity index (χ2n) is 5.75. The maximum absolute atomic E-state index is 10.2. The molecule has 4 heteroatoms. The van der Waals surface area contributed by atoms with E-state index in [0.29, 0.717) is 35.1 Å². The first kappa shape index (κ1) is 15.6. The predicted molar refractivity (Wildman–Crippen MR) is 81.1 cm³/mol. The molecule has 0 fully saturated rings. The Hall–Kier alpha value is -1.78. The van der Waals surface area contributed by atoms with Crippen molar-refractivity contribution in [2.45, 2.75) is 33.3 Å². The van der Waals surface area contributed by atoms with Crippen molar-refractivity contribution < 1.29 is 20.4 Å². The third kappa shape index (κ3) is 3.28. The van der Waals surface area contributed by atoms with Gasteiger partial charge in [-0.3, -0.25) is 0 Å². The van der Waals surface area contributed by atoms with Crippen molar-refractivity contribution in [3.8, 4) is 5.75 Å². The summed E-state index contributed by atoms with van der Waals surface area (Å²) in [6.45, 7) is 3.54. The lowest BCUT2D eigenvalue weighted by molar-refractivity contribution is 0.275. The summed E-state index contributed by atoms with van der Waals surface area (Å²) in [6, 6.07) is 3.59. The molecular weight excluding hydrogens is 268 g/mol. The molecule has 0 aliphatic heterocycles. The maximum atomic E-state index is 10.2. The molecule has 4 N–H and O–H groups in total. The zero-order chi connectivity index (χ0) is 15.6. The summed E-state index contributed by atoms with van der Waals surface area (Å²) < 4.78 is 0. The average Bonchev–Trinajstić information content (AvgIpc) is 2.45. The third-order valence-corrected chi connectivity index (χ3v) is 3.85. The quantitative estimate of drug-likeness (QED) is 0.687. The highest BCUT2D eigenvalue weighted by Gasteiger charge is 2.20. The van der Waals surface area contributed by atoms with Gasteiger partial charge < -0.3 is 20.4 Å². The average molecular weight is 290 g/mol. The molecule has 0 aromatic heterocycles. The minimum Gasteiger partial charge on any atom is -0.508 e. The summed E-state index contributed by atoms with van der Waals surface area (Å²) in [5.74, 6) is 0.435. The summed E-state index contributed by atoms with van der Waals surface area (Å²) in [4.78, 5) is 0. The highest BCUT2D eigenvalue weighted by molar-refractivity contribution is 5.48. The van der Waals surface area contributed by atoms with Crippen LogP contribution in [0.2, 0.25) is 0 Å². The molecule has 1 aromatic rings. The van der Waals surface area contributed by atoms with E-state index >= 15 is 0 Å². The molecule has 0 heterocycles. The molecule has 0 saturated heterocycles. The molecule has 1 unspecified atom stereocenters. The molecule has 4 nitrogen and oxygen atoms in total. The number of phenols is 1. The van der Waals surface area contributed by atoms with Gasteiger partial charge in [0, 0.05) is 12.0 Å². The van der Waals surface area contributed by atoms with Crippen LogP contribution in [0.3, 0.4) is 0 Å². The monoisotopic (exact) mass is 290 g/mol. The number of hydrogen-bond donors (Lipinski definition) is 4. The highest BCUT2D eigenvalue weighted by atomic mass is 16.3. The molecule has 0 spiro atoms. The van der Waals surface area contributed by atoms with Crippen LogP contribution in [0.25, 0.3) is 0 Å². The van der Waals surface area contributed by atoms with Gasteiger partial charge in [0.15, 0.2) is 0 Å². The summed E-state index contributed by atoms with van der Waals surface area (Å²) in [5.41, 5.74) is 3.45.